The van der Waals surface area contributed by atoms with Gasteiger partial charge in [0.1, 0.15) is 18.9 Å². The number of alkyl halides is 3. The Bertz CT molecular complexity index is 1800. The maximum atomic E-state index is 13.2. The molecule has 45 heavy (non-hydrogen) atoms. The number of amides is 3. The molecule has 3 amide bonds. The summed E-state index contributed by atoms with van der Waals surface area (Å²) in [4.78, 5) is 39.2. The van der Waals surface area contributed by atoms with E-state index in [1.807, 2.05) is 49.4 Å². The number of carbonyl (C=O) groups excluding carboxylic acids is 3. The van der Waals surface area contributed by atoms with E-state index in [1.54, 1.807) is 18.2 Å². The number of anilines is 1. The van der Waals surface area contributed by atoms with Gasteiger partial charge in [-0.3, -0.25) is 19.3 Å². The lowest BCUT2D eigenvalue weighted by Crippen LogP contribution is -2.36. The topological polar surface area (TPSA) is 94.2 Å². The van der Waals surface area contributed by atoms with E-state index in [0.29, 0.717) is 42.0 Å². The molecule has 0 radical (unpaired) electrons. The minimum Gasteiger partial charge on any atom is -0.495 e. The van der Waals surface area contributed by atoms with Crippen molar-refractivity contribution in [2.75, 3.05) is 25.6 Å². The van der Waals surface area contributed by atoms with Crippen molar-refractivity contribution >= 4 is 51.4 Å². The van der Waals surface area contributed by atoms with Crippen molar-refractivity contribution in [3.05, 3.63) is 100 Å². The van der Waals surface area contributed by atoms with Crippen LogP contribution in [0.4, 0.5) is 23.7 Å². The summed E-state index contributed by atoms with van der Waals surface area (Å²) in [6.07, 6.45) is -3.15. The molecule has 1 heterocycles. The van der Waals surface area contributed by atoms with E-state index >= 15 is 0 Å². The Morgan fingerprint density at radius 1 is 0.933 bits per heavy atom. The number of benzene rings is 4. The van der Waals surface area contributed by atoms with Gasteiger partial charge in [0.15, 0.2) is 11.5 Å². The van der Waals surface area contributed by atoms with Crippen LogP contribution in [0.15, 0.2) is 83.8 Å². The van der Waals surface area contributed by atoms with E-state index in [0.717, 1.165) is 39.4 Å². The highest BCUT2D eigenvalue weighted by molar-refractivity contribution is 8.18. The molecule has 0 spiro atoms. The van der Waals surface area contributed by atoms with Crippen molar-refractivity contribution in [2.45, 2.75) is 19.7 Å². The van der Waals surface area contributed by atoms with Gasteiger partial charge in [-0.2, -0.15) is 13.2 Å². The Morgan fingerprint density at radius 2 is 1.69 bits per heavy atom. The fourth-order valence-corrected chi connectivity index (χ4v) is 5.52. The normalized spacial score (nSPS) is 14.2. The molecule has 232 valence electrons. The summed E-state index contributed by atoms with van der Waals surface area (Å²) in [6, 6.07) is 21.7. The number of ether oxygens (including phenoxy) is 3. The second-order valence-electron chi connectivity index (χ2n) is 9.79. The molecule has 0 aliphatic carbocycles. The highest BCUT2D eigenvalue weighted by atomic mass is 32.2. The third-order valence-corrected chi connectivity index (χ3v) is 7.71. The van der Waals surface area contributed by atoms with Crippen molar-refractivity contribution in [2.24, 2.45) is 0 Å². The molecule has 1 fully saturated rings. The molecule has 4 aromatic carbocycles. The zero-order chi connectivity index (χ0) is 32.1. The number of rotatable bonds is 10. The number of fused-ring (bicyclic) bond motifs is 1. The van der Waals surface area contributed by atoms with E-state index in [1.165, 1.54) is 13.2 Å². The predicted molar refractivity (Wildman–Crippen MR) is 165 cm³/mol. The Hall–Kier alpha value is -4.97. The molecule has 4 aromatic rings. The summed E-state index contributed by atoms with van der Waals surface area (Å²) in [7, 11) is 1.24. The number of thioether (sulfide) groups is 1. The summed E-state index contributed by atoms with van der Waals surface area (Å²) < 4.78 is 56.4. The summed E-state index contributed by atoms with van der Waals surface area (Å²) in [5, 5.41) is 3.78. The minimum atomic E-state index is -4.65. The smallest absolute Gasteiger partial charge is 0.416 e. The van der Waals surface area contributed by atoms with Gasteiger partial charge in [0.2, 0.25) is 5.91 Å². The molecule has 0 aromatic heterocycles. The average molecular weight is 637 g/mol. The maximum absolute atomic E-state index is 13.2. The summed E-state index contributed by atoms with van der Waals surface area (Å²) >= 11 is 0.643. The van der Waals surface area contributed by atoms with Gasteiger partial charge in [-0.1, -0.05) is 48.5 Å². The maximum Gasteiger partial charge on any atom is 0.416 e. The number of hydrogen-bond acceptors (Lipinski definition) is 7. The van der Waals surface area contributed by atoms with Crippen molar-refractivity contribution in [1.29, 1.82) is 0 Å². The van der Waals surface area contributed by atoms with Gasteiger partial charge in [0, 0.05) is 0 Å². The van der Waals surface area contributed by atoms with Crippen molar-refractivity contribution in [1.82, 2.24) is 4.90 Å². The lowest BCUT2D eigenvalue weighted by atomic mass is 10.1. The van der Waals surface area contributed by atoms with E-state index in [9.17, 15) is 27.6 Å². The molecular formula is C33H27F3N2O6S. The third-order valence-electron chi connectivity index (χ3n) is 6.80. The number of nitrogens with zero attached hydrogens (tertiary/aromatic N) is 1. The second-order valence-corrected chi connectivity index (χ2v) is 10.8. The molecule has 1 aliphatic heterocycles. The van der Waals surface area contributed by atoms with Crippen molar-refractivity contribution in [3.8, 4) is 17.2 Å². The molecular weight excluding hydrogens is 609 g/mol. The molecule has 0 bridgehead atoms. The molecule has 1 N–H and O–H groups in total. The lowest BCUT2D eigenvalue weighted by Gasteiger charge is -2.16. The van der Waals surface area contributed by atoms with Crippen LogP contribution in [0.1, 0.15) is 23.6 Å². The number of carbonyl (C=O) groups is 3. The van der Waals surface area contributed by atoms with Crippen LogP contribution < -0.4 is 19.5 Å². The highest BCUT2D eigenvalue weighted by Crippen LogP contribution is 2.37. The summed E-state index contributed by atoms with van der Waals surface area (Å²) in [5.74, 6) is -0.662. The van der Waals surface area contributed by atoms with E-state index in [-0.39, 0.29) is 16.3 Å². The van der Waals surface area contributed by atoms with Gasteiger partial charge in [-0.05, 0) is 77.0 Å². The Morgan fingerprint density at radius 3 is 2.44 bits per heavy atom. The van der Waals surface area contributed by atoms with Crippen LogP contribution in [-0.2, 0) is 22.4 Å². The first-order valence-electron chi connectivity index (χ1n) is 13.7. The van der Waals surface area contributed by atoms with E-state index in [2.05, 4.69) is 5.32 Å². The average Bonchev–Trinajstić information content (AvgIpc) is 3.27. The van der Waals surface area contributed by atoms with Crippen LogP contribution in [0.3, 0.4) is 0 Å². The minimum absolute atomic E-state index is 0.0139. The number of imide groups is 1. The molecule has 0 unspecified atom stereocenters. The van der Waals surface area contributed by atoms with E-state index < -0.39 is 35.3 Å². The second kappa shape index (κ2) is 13.3. The quantitative estimate of drug-likeness (QED) is 0.180. The van der Waals surface area contributed by atoms with Crippen LogP contribution in [0.25, 0.3) is 16.8 Å². The zero-order valence-electron chi connectivity index (χ0n) is 24.1. The Kier molecular flexibility index (Phi) is 9.33. The van der Waals surface area contributed by atoms with Crippen LogP contribution in [0, 0.1) is 0 Å². The number of nitrogens with one attached hydrogen (secondary N) is 1. The fraction of sp³-hybridized carbons (Fsp3) is 0.182. The SMILES string of the molecule is CCOc1cc(/C=C2\SC(=O)N(CC(=O)Nc3cc(C(F)(F)F)ccc3OC)C2=O)ccc1OCc1cccc2ccccc12. The summed E-state index contributed by atoms with van der Waals surface area (Å²) in [5.41, 5.74) is 0.318. The largest absolute Gasteiger partial charge is 0.495 e. The molecule has 1 saturated heterocycles. The molecule has 12 heteroatoms. The molecule has 0 saturated carbocycles. The molecule has 8 nitrogen and oxygen atoms in total. The Labute approximate surface area is 260 Å². The van der Waals surface area contributed by atoms with Gasteiger partial charge < -0.3 is 19.5 Å². The Balaban J connectivity index is 1.29. The van der Waals surface area contributed by atoms with Crippen molar-refractivity contribution < 1.29 is 41.8 Å². The third kappa shape index (κ3) is 7.23. The number of halogens is 3. The van der Waals surface area contributed by atoms with Gasteiger partial charge in [-0.25, -0.2) is 0 Å². The monoisotopic (exact) mass is 636 g/mol. The highest BCUT2D eigenvalue weighted by Gasteiger charge is 2.37. The van der Waals surface area contributed by atoms with Crippen LogP contribution in [-0.4, -0.2) is 42.2 Å². The van der Waals surface area contributed by atoms with Crippen molar-refractivity contribution in [3.63, 3.8) is 0 Å². The van der Waals surface area contributed by atoms with Crippen LogP contribution >= 0.6 is 11.8 Å². The zero-order valence-corrected chi connectivity index (χ0v) is 25.0. The van der Waals surface area contributed by atoms with Gasteiger partial charge in [0.25, 0.3) is 11.1 Å². The molecule has 0 atom stereocenters. The van der Waals surface area contributed by atoms with Gasteiger partial charge in [0.05, 0.1) is 29.9 Å². The first kappa shape index (κ1) is 31.5. The predicted octanol–water partition coefficient (Wildman–Crippen LogP) is 7.52. The number of hydrogen-bond donors (Lipinski definition) is 1. The van der Waals surface area contributed by atoms with Crippen LogP contribution in [0.5, 0.6) is 17.2 Å². The standard InChI is InChI=1S/C33H27F3N2O6S/c1-3-43-28-15-20(11-13-27(28)44-19-22-9-6-8-21-7-4-5-10-24(21)22)16-29-31(40)38(32(41)45-29)18-30(39)37-25-17-23(33(34,35)36)12-14-26(25)42-2/h4-17H,3,18-19H2,1-2H3,(H,37,39)/b29-16-. The van der Waals surface area contributed by atoms with Crippen LogP contribution in [0.2, 0.25) is 0 Å². The first-order valence-corrected chi connectivity index (χ1v) is 14.6. The van der Waals surface area contributed by atoms with Gasteiger partial charge in [-0.15, -0.1) is 0 Å². The summed E-state index contributed by atoms with van der Waals surface area (Å²) in [6.45, 7) is 1.78. The molecule has 1 aliphatic rings. The molecule has 5 rings (SSSR count). The lowest BCUT2D eigenvalue weighted by molar-refractivity contribution is -0.137. The number of methoxy groups -OCH3 is 1. The van der Waals surface area contributed by atoms with Gasteiger partial charge >= 0.3 is 6.18 Å². The first-order chi connectivity index (χ1) is 21.6. The fourth-order valence-electron chi connectivity index (χ4n) is 4.68. The van der Waals surface area contributed by atoms with E-state index in [4.69, 9.17) is 14.2 Å².